The Bertz CT molecular complexity index is 455. The maximum atomic E-state index is 11.0. The molecule has 0 saturated heterocycles. The Labute approximate surface area is 98.0 Å². The molecule has 1 unspecified atom stereocenters. The summed E-state index contributed by atoms with van der Waals surface area (Å²) >= 11 is 6.18. The van der Waals surface area contributed by atoms with Gasteiger partial charge in [0.2, 0.25) is 6.29 Å². The number of aromatic nitrogens is 1. The van der Waals surface area contributed by atoms with Crippen LogP contribution in [-0.4, -0.2) is 11.4 Å². The van der Waals surface area contributed by atoms with Gasteiger partial charge in [0, 0.05) is 12.5 Å². The van der Waals surface area contributed by atoms with E-state index in [9.17, 15) is 4.79 Å². The van der Waals surface area contributed by atoms with Crippen molar-refractivity contribution in [2.75, 3.05) is 0 Å². The van der Waals surface area contributed by atoms with E-state index >= 15 is 0 Å². The van der Waals surface area contributed by atoms with Gasteiger partial charge in [-0.3, -0.25) is 4.79 Å². The number of nitrogens with zero attached hydrogens (tertiary/aromatic N) is 1. The van der Waals surface area contributed by atoms with Crippen molar-refractivity contribution in [1.82, 2.24) is 5.16 Å². The predicted molar refractivity (Wildman–Crippen MR) is 59.9 cm³/mol. The Morgan fingerprint density at radius 2 is 2.06 bits per heavy atom. The molecule has 1 heterocycles. The molecule has 2 rings (SSSR count). The summed E-state index contributed by atoms with van der Waals surface area (Å²) in [5, 5.41) is 3.69. The Morgan fingerprint density at radius 3 is 2.62 bits per heavy atom. The third-order valence-electron chi connectivity index (χ3n) is 2.30. The molecular weight excluding hydrogens is 226 g/mol. The highest BCUT2D eigenvalue weighted by atomic mass is 35.5. The smallest absolute Gasteiger partial charge is 0.228 e. The molecule has 0 aliphatic carbocycles. The molecule has 2 aromatic rings. The van der Waals surface area contributed by atoms with Crippen molar-refractivity contribution in [3.8, 4) is 0 Å². The fraction of sp³-hybridized carbons (Fsp3) is 0.167. The van der Waals surface area contributed by atoms with E-state index in [-0.39, 0.29) is 0 Å². The SMILES string of the molecule is O=[C]C(Cl)(Cc1ccccc1)c1ccon1. The number of carbonyl (C=O) groups excluding carboxylic acids is 1. The molecule has 1 aromatic carbocycles. The van der Waals surface area contributed by atoms with Crippen LogP contribution in [0, 0.1) is 0 Å². The van der Waals surface area contributed by atoms with Crippen LogP contribution < -0.4 is 0 Å². The van der Waals surface area contributed by atoms with Crippen LogP contribution in [0.4, 0.5) is 0 Å². The molecule has 0 saturated carbocycles. The summed E-state index contributed by atoms with van der Waals surface area (Å²) in [4.78, 5) is 9.72. The van der Waals surface area contributed by atoms with E-state index in [1.165, 1.54) is 6.26 Å². The normalized spacial score (nSPS) is 14.3. The molecule has 0 N–H and O–H groups in total. The first-order valence-corrected chi connectivity index (χ1v) is 5.15. The molecule has 81 valence electrons. The van der Waals surface area contributed by atoms with Gasteiger partial charge in [0.05, 0.1) is 0 Å². The van der Waals surface area contributed by atoms with Crippen LogP contribution in [0.1, 0.15) is 11.3 Å². The maximum absolute atomic E-state index is 11.0. The lowest BCUT2D eigenvalue weighted by molar-refractivity contribution is 0.405. The summed E-state index contributed by atoms with van der Waals surface area (Å²) in [7, 11) is 0. The van der Waals surface area contributed by atoms with Crippen LogP contribution in [0.25, 0.3) is 0 Å². The molecule has 1 aromatic heterocycles. The van der Waals surface area contributed by atoms with Crippen molar-refractivity contribution in [3.05, 3.63) is 53.9 Å². The molecule has 1 atom stereocenters. The second kappa shape index (κ2) is 4.49. The third-order valence-corrected chi connectivity index (χ3v) is 2.70. The Hall–Kier alpha value is -1.61. The molecule has 4 heteroatoms. The van der Waals surface area contributed by atoms with Gasteiger partial charge in [-0.2, -0.15) is 0 Å². The highest BCUT2D eigenvalue weighted by Crippen LogP contribution is 2.29. The van der Waals surface area contributed by atoms with Crippen LogP contribution in [0.5, 0.6) is 0 Å². The van der Waals surface area contributed by atoms with Gasteiger partial charge in [0.15, 0.2) is 4.87 Å². The van der Waals surface area contributed by atoms with Gasteiger partial charge < -0.3 is 4.52 Å². The van der Waals surface area contributed by atoms with E-state index in [0.717, 1.165) is 5.56 Å². The van der Waals surface area contributed by atoms with Gasteiger partial charge in [-0.25, -0.2) is 0 Å². The zero-order valence-corrected chi connectivity index (χ0v) is 9.15. The van der Waals surface area contributed by atoms with Crippen LogP contribution in [0.3, 0.4) is 0 Å². The molecule has 0 amide bonds. The van der Waals surface area contributed by atoms with Crippen LogP contribution in [-0.2, 0) is 16.1 Å². The van der Waals surface area contributed by atoms with Gasteiger partial charge in [-0.05, 0) is 5.56 Å². The number of halogens is 1. The fourth-order valence-corrected chi connectivity index (χ4v) is 1.72. The average molecular weight is 235 g/mol. The molecule has 16 heavy (non-hydrogen) atoms. The summed E-state index contributed by atoms with van der Waals surface area (Å²) < 4.78 is 4.69. The van der Waals surface area contributed by atoms with Crippen molar-refractivity contribution in [2.24, 2.45) is 0 Å². The van der Waals surface area contributed by atoms with E-state index in [4.69, 9.17) is 11.6 Å². The lowest BCUT2D eigenvalue weighted by atomic mass is 9.97. The second-order valence-electron chi connectivity index (χ2n) is 3.45. The summed E-state index contributed by atoms with van der Waals surface area (Å²) in [6.07, 6.45) is 3.54. The van der Waals surface area contributed by atoms with E-state index in [2.05, 4.69) is 9.68 Å². The summed E-state index contributed by atoms with van der Waals surface area (Å²) in [6.45, 7) is 0. The van der Waals surface area contributed by atoms with Gasteiger partial charge in [-0.1, -0.05) is 35.5 Å². The number of alkyl halides is 1. The summed E-state index contributed by atoms with van der Waals surface area (Å²) in [5.74, 6) is 0. The van der Waals surface area contributed by atoms with Crippen molar-refractivity contribution in [2.45, 2.75) is 11.3 Å². The average Bonchev–Trinajstić information content (AvgIpc) is 2.84. The Kier molecular flexibility index (Phi) is 3.06. The monoisotopic (exact) mass is 234 g/mol. The largest absolute Gasteiger partial charge is 0.364 e. The molecular formula is C12H9ClNO2. The zero-order valence-electron chi connectivity index (χ0n) is 8.39. The minimum absolute atomic E-state index is 0.339. The molecule has 1 radical (unpaired) electrons. The molecule has 3 nitrogen and oxygen atoms in total. The van der Waals surface area contributed by atoms with Gasteiger partial charge in [-0.15, -0.1) is 11.6 Å². The molecule has 0 aliphatic heterocycles. The van der Waals surface area contributed by atoms with Crippen LogP contribution in [0.2, 0.25) is 0 Å². The summed E-state index contributed by atoms with van der Waals surface area (Å²) in [6, 6.07) is 11.0. The van der Waals surface area contributed by atoms with Crippen LogP contribution >= 0.6 is 11.6 Å². The zero-order chi connectivity index (χ0) is 11.4. The number of benzene rings is 1. The van der Waals surface area contributed by atoms with Crippen LogP contribution in [0.15, 0.2) is 47.2 Å². The molecule has 0 fully saturated rings. The highest BCUT2D eigenvalue weighted by Gasteiger charge is 2.33. The van der Waals surface area contributed by atoms with E-state index in [1.54, 1.807) is 6.07 Å². The lowest BCUT2D eigenvalue weighted by Gasteiger charge is -2.16. The molecule has 0 aliphatic rings. The minimum Gasteiger partial charge on any atom is -0.364 e. The molecule has 0 spiro atoms. The lowest BCUT2D eigenvalue weighted by Crippen LogP contribution is -2.24. The first kappa shape index (κ1) is 10.9. The van der Waals surface area contributed by atoms with Gasteiger partial charge in [0.25, 0.3) is 0 Å². The highest BCUT2D eigenvalue weighted by molar-refractivity contribution is 6.31. The second-order valence-corrected chi connectivity index (χ2v) is 4.10. The van der Waals surface area contributed by atoms with E-state index < -0.39 is 4.87 Å². The maximum Gasteiger partial charge on any atom is 0.228 e. The standard InChI is InChI=1S/C12H9ClNO2/c13-12(9-15,11-6-7-16-14-11)8-10-4-2-1-3-5-10/h1-7H,8H2. The molecule has 0 bridgehead atoms. The topological polar surface area (TPSA) is 43.1 Å². The van der Waals surface area contributed by atoms with E-state index in [1.807, 2.05) is 36.6 Å². The van der Waals surface area contributed by atoms with Gasteiger partial charge >= 0.3 is 0 Å². The first-order valence-electron chi connectivity index (χ1n) is 4.77. The van der Waals surface area contributed by atoms with E-state index in [0.29, 0.717) is 12.1 Å². The predicted octanol–water partition coefficient (Wildman–Crippen LogP) is 2.46. The van der Waals surface area contributed by atoms with Crippen molar-refractivity contribution < 1.29 is 9.32 Å². The van der Waals surface area contributed by atoms with Gasteiger partial charge in [0.1, 0.15) is 12.0 Å². The minimum atomic E-state index is -1.27. The number of hydrogen-bond donors (Lipinski definition) is 0. The van der Waals surface area contributed by atoms with Crippen molar-refractivity contribution in [3.63, 3.8) is 0 Å². The number of hydrogen-bond acceptors (Lipinski definition) is 3. The van der Waals surface area contributed by atoms with Crippen molar-refractivity contribution >= 4 is 17.9 Å². The Balaban J connectivity index is 2.27. The summed E-state index contributed by atoms with van der Waals surface area (Å²) in [5.41, 5.74) is 1.33. The quantitative estimate of drug-likeness (QED) is 0.764. The van der Waals surface area contributed by atoms with Crippen molar-refractivity contribution in [1.29, 1.82) is 0 Å². The Morgan fingerprint density at radius 1 is 1.31 bits per heavy atom. The third kappa shape index (κ3) is 2.14. The first-order chi connectivity index (χ1) is 7.74. The number of rotatable bonds is 4. The fourth-order valence-electron chi connectivity index (χ4n) is 1.47.